The predicted molar refractivity (Wildman–Crippen MR) is 136 cm³/mol. The topological polar surface area (TPSA) is 79.2 Å². The number of rotatable bonds is 6. The highest BCUT2D eigenvalue weighted by atomic mass is 19.3. The molecule has 2 aliphatic heterocycles. The van der Waals surface area contributed by atoms with Crippen molar-refractivity contribution in [2.75, 3.05) is 25.5 Å². The number of aromatic nitrogens is 4. The molecular formula is C27H33F2N7O. The van der Waals surface area contributed by atoms with Gasteiger partial charge < -0.3 is 15.1 Å². The second kappa shape index (κ2) is 10.5. The number of alkyl halides is 2. The van der Waals surface area contributed by atoms with Gasteiger partial charge in [0.15, 0.2) is 0 Å². The van der Waals surface area contributed by atoms with E-state index < -0.39 is 6.43 Å². The molecule has 0 spiro atoms. The fraction of sp³-hybridized carbons (Fsp3) is 0.481. The van der Waals surface area contributed by atoms with E-state index in [2.05, 4.69) is 51.4 Å². The van der Waals surface area contributed by atoms with Gasteiger partial charge in [0.1, 0.15) is 5.69 Å². The van der Waals surface area contributed by atoms with Gasteiger partial charge in [0.25, 0.3) is 6.43 Å². The molecule has 0 bridgehead atoms. The molecule has 1 saturated heterocycles. The maximum absolute atomic E-state index is 13.9. The van der Waals surface area contributed by atoms with Crippen LogP contribution in [0, 0.1) is 5.92 Å². The zero-order chi connectivity index (χ0) is 26.1. The molecule has 4 heterocycles. The SMILES string of the molecule is C[C@@H]1Cc2cnc(NCc3cc(C(F)F)n(C)n3)nc2CN1C(=O)[C@H]1CCN(C)C[C@@H]1c1ccccc1. The van der Waals surface area contributed by atoms with Crippen LogP contribution in [0.25, 0.3) is 0 Å². The molecule has 10 heteroatoms. The van der Waals surface area contributed by atoms with E-state index in [1.165, 1.54) is 23.4 Å². The molecule has 37 heavy (non-hydrogen) atoms. The number of fused-ring (bicyclic) bond motifs is 1. The van der Waals surface area contributed by atoms with Crippen LogP contribution in [0.1, 0.15) is 53.9 Å². The van der Waals surface area contributed by atoms with Crippen molar-refractivity contribution in [1.82, 2.24) is 29.5 Å². The van der Waals surface area contributed by atoms with E-state index >= 15 is 0 Å². The van der Waals surface area contributed by atoms with E-state index in [0.717, 1.165) is 30.8 Å². The third kappa shape index (κ3) is 5.34. The van der Waals surface area contributed by atoms with Crippen LogP contribution >= 0.6 is 0 Å². The van der Waals surface area contributed by atoms with Gasteiger partial charge in [0, 0.05) is 37.7 Å². The number of carbonyl (C=O) groups is 1. The number of carbonyl (C=O) groups excluding carboxylic acids is 1. The largest absolute Gasteiger partial charge is 0.348 e. The Labute approximate surface area is 215 Å². The molecule has 0 unspecified atom stereocenters. The smallest absolute Gasteiger partial charge is 0.280 e. The third-order valence-corrected chi connectivity index (χ3v) is 7.58. The van der Waals surface area contributed by atoms with Crippen molar-refractivity contribution in [2.45, 2.75) is 51.2 Å². The average Bonchev–Trinajstić information content (AvgIpc) is 3.28. The maximum Gasteiger partial charge on any atom is 0.280 e. The Morgan fingerprint density at radius 1 is 1.22 bits per heavy atom. The molecule has 1 N–H and O–H groups in total. The fourth-order valence-corrected chi connectivity index (χ4v) is 5.54. The number of nitrogens with zero attached hydrogens (tertiary/aromatic N) is 6. The molecule has 0 saturated carbocycles. The summed E-state index contributed by atoms with van der Waals surface area (Å²) in [5.74, 6) is 0.656. The molecule has 2 aromatic heterocycles. The Balaban J connectivity index is 1.31. The van der Waals surface area contributed by atoms with Crippen LogP contribution in [-0.4, -0.2) is 61.6 Å². The van der Waals surface area contributed by atoms with Crippen molar-refractivity contribution in [3.63, 3.8) is 0 Å². The third-order valence-electron chi connectivity index (χ3n) is 7.58. The molecular weight excluding hydrogens is 476 g/mol. The summed E-state index contributed by atoms with van der Waals surface area (Å²) in [4.78, 5) is 27.3. The summed E-state index contributed by atoms with van der Waals surface area (Å²) in [6, 6.07) is 11.8. The van der Waals surface area contributed by atoms with Crippen molar-refractivity contribution in [1.29, 1.82) is 0 Å². The lowest BCUT2D eigenvalue weighted by Crippen LogP contribution is -2.50. The first-order chi connectivity index (χ1) is 17.8. The molecule has 0 radical (unpaired) electrons. The molecule has 8 nitrogen and oxygen atoms in total. The number of amides is 1. The molecule has 1 amide bonds. The second-order valence-corrected chi connectivity index (χ2v) is 10.2. The van der Waals surface area contributed by atoms with Crippen LogP contribution in [0.3, 0.4) is 0 Å². The summed E-state index contributed by atoms with van der Waals surface area (Å²) >= 11 is 0. The van der Waals surface area contributed by atoms with Crippen LogP contribution in [0.15, 0.2) is 42.6 Å². The van der Waals surface area contributed by atoms with E-state index in [-0.39, 0.29) is 36.0 Å². The van der Waals surface area contributed by atoms with Gasteiger partial charge >= 0.3 is 0 Å². The summed E-state index contributed by atoms with van der Waals surface area (Å²) in [6.45, 7) is 4.50. The Bertz CT molecular complexity index is 1250. The normalized spacial score (nSPS) is 22.2. The number of likely N-dealkylation sites (N-methyl/N-ethyl adjacent to an activating group) is 1. The summed E-state index contributed by atoms with van der Waals surface area (Å²) in [7, 11) is 3.61. The Morgan fingerprint density at radius 2 is 2.00 bits per heavy atom. The fourth-order valence-electron chi connectivity index (χ4n) is 5.54. The van der Waals surface area contributed by atoms with Crippen molar-refractivity contribution in [2.24, 2.45) is 13.0 Å². The predicted octanol–water partition coefficient (Wildman–Crippen LogP) is 3.77. The number of hydrogen-bond acceptors (Lipinski definition) is 6. The van der Waals surface area contributed by atoms with Crippen molar-refractivity contribution < 1.29 is 13.6 Å². The van der Waals surface area contributed by atoms with E-state index in [4.69, 9.17) is 0 Å². The number of halogens is 2. The number of benzene rings is 1. The summed E-state index contributed by atoms with van der Waals surface area (Å²) < 4.78 is 27.3. The summed E-state index contributed by atoms with van der Waals surface area (Å²) in [5, 5.41) is 7.22. The lowest BCUT2D eigenvalue weighted by molar-refractivity contribution is -0.141. The van der Waals surface area contributed by atoms with Crippen LogP contribution < -0.4 is 5.32 Å². The molecule has 2 aliphatic rings. The van der Waals surface area contributed by atoms with Gasteiger partial charge in [-0.05, 0) is 50.6 Å². The lowest BCUT2D eigenvalue weighted by atomic mass is 9.79. The Hall–Kier alpha value is -3.40. The quantitative estimate of drug-likeness (QED) is 0.545. The Morgan fingerprint density at radius 3 is 2.73 bits per heavy atom. The van der Waals surface area contributed by atoms with Gasteiger partial charge in [-0.3, -0.25) is 9.48 Å². The first kappa shape index (κ1) is 25.3. The van der Waals surface area contributed by atoms with E-state index in [1.54, 1.807) is 6.20 Å². The van der Waals surface area contributed by atoms with Gasteiger partial charge in [-0.2, -0.15) is 5.10 Å². The highest BCUT2D eigenvalue weighted by molar-refractivity contribution is 5.80. The van der Waals surface area contributed by atoms with Crippen molar-refractivity contribution >= 4 is 11.9 Å². The lowest BCUT2D eigenvalue weighted by Gasteiger charge is -2.42. The van der Waals surface area contributed by atoms with Crippen molar-refractivity contribution in [3.05, 3.63) is 70.8 Å². The highest BCUT2D eigenvalue weighted by Gasteiger charge is 2.39. The molecule has 1 aromatic carbocycles. The molecule has 5 rings (SSSR count). The van der Waals surface area contributed by atoms with Crippen molar-refractivity contribution in [3.8, 4) is 0 Å². The van der Waals surface area contributed by atoms with E-state index in [0.29, 0.717) is 24.6 Å². The van der Waals surface area contributed by atoms with Gasteiger partial charge in [-0.15, -0.1) is 0 Å². The first-order valence-corrected chi connectivity index (χ1v) is 12.7. The zero-order valence-electron chi connectivity index (χ0n) is 21.4. The average molecular weight is 510 g/mol. The van der Waals surface area contributed by atoms with Crippen LogP contribution in [0.2, 0.25) is 0 Å². The Kier molecular flexibility index (Phi) is 7.19. The monoisotopic (exact) mass is 509 g/mol. The molecule has 0 aliphatic carbocycles. The van der Waals surface area contributed by atoms with Crippen LogP contribution in [0.4, 0.5) is 14.7 Å². The molecule has 1 fully saturated rings. The minimum atomic E-state index is -2.58. The molecule has 3 aromatic rings. The first-order valence-electron chi connectivity index (χ1n) is 12.7. The number of nitrogens with one attached hydrogen (secondary N) is 1. The maximum atomic E-state index is 13.9. The van der Waals surface area contributed by atoms with Gasteiger partial charge in [0.05, 0.1) is 24.5 Å². The minimum Gasteiger partial charge on any atom is -0.348 e. The summed E-state index contributed by atoms with van der Waals surface area (Å²) in [6.07, 6.45) is 0.741. The number of anilines is 1. The second-order valence-electron chi connectivity index (χ2n) is 10.2. The standard InChI is InChI=1S/C27H33F2N7O/c1-17-11-19-13-30-27(31-14-20-12-24(25(28)29)35(3)33-20)32-23(19)16-36(17)26(37)21-9-10-34(2)15-22(21)18-7-5-4-6-8-18/h4-8,12-13,17,21-22,25H,9-11,14-16H2,1-3H3,(H,30,31,32)/t17-,21+,22-/m1/s1. The van der Waals surface area contributed by atoms with E-state index in [9.17, 15) is 13.6 Å². The molecule has 196 valence electrons. The highest BCUT2D eigenvalue weighted by Crippen LogP contribution is 2.35. The van der Waals surface area contributed by atoms with Gasteiger partial charge in [-0.1, -0.05) is 30.3 Å². The zero-order valence-corrected chi connectivity index (χ0v) is 21.4. The minimum absolute atomic E-state index is 0.0553. The number of aryl methyl sites for hydroxylation is 1. The number of piperidine rings is 1. The van der Waals surface area contributed by atoms with Gasteiger partial charge in [0.2, 0.25) is 11.9 Å². The van der Waals surface area contributed by atoms with Crippen LogP contribution in [0.5, 0.6) is 0 Å². The van der Waals surface area contributed by atoms with Gasteiger partial charge in [-0.25, -0.2) is 18.7 Å². The van der Waals surface area contributed by atoms with Crippen LogP contribution in [-0.2, 0) is 31.4 Å². The van der Waals surface area contributed by atoms with E-state index in [1.807, 2.05) is 23.1 Å². The molecule has 3 atom stereocenters. The number of hydrogen-bond donors (Lipinski definition) is 1. The number of likely N-dealkylation sites (tertiary alicyclic amines) is 1. The summed E-state index contributed by atoms with van der Waals surface area (Å²) in [5.41, 5.74) is 3.41.